The highest BCUT2D eigenvalue weighted by atomic mass is 32.1. The second-order valence-electron chi connectivity index (χ2n) is 5.00. The number of nitrogens with one attached hydrogen (secondary N) is 2. The van der Waals surface area contributed by atoms with Crippen molar-refractivity contribution in [3.05, 3.63) is 51.7 Å². The molecule has 1 aromatic carbocycles. The van der Waals surface area contributed by atoms with E-state index in [0.717, 1.165) is 4.88 Å². The number of rotatable bonds is 4. The molecular formula is C15H12F6N2OS. The maximum atomic E-state index is 12.7. The summed E-state index contributed by atoms with van der Waals surface area (Å²) < 4.78 is 76.4. The summed E-state index contributed by atoms with van der Waals surface area (Å²) in [5, 5.41) is 6.22. The lowest BCUT2D eigenvalue weighted by Gasteiger charge is -2.15. The average Bonchev–Trinajstić information content (AvgIpc) is 2.98. The van der Waals surface area contributed by atoms with Gasteiger partial charge in [0.05, 0.1) is 11.1 Å². The lowest BCUT2D eigenvalue weighted by molar-refractivity contribution is -0.143. The molecule has 0 aliphatic rings. The van der Waals surface area contributed by atoms with Gasteiger partial charge < -0.3 is 10.6 Å². The average molecular weight is 382 g/mol. The Morgan fingerprint density at radius 3 is 2.08 bits per heavy atom. The van der Waals surface area contributed by atoms with Crippen LogP contribution in [0.2, 0.25) is 0 Å². The summed E-state index contributed by atoms with van der Waals surface area (Å²) in [6, 6.07) is 3.68. The topological polar surface area (TPSA) is 41.1 Å². The summed E-state index contributed by atoms with van der Waals surface area (Å²) in [5.41, 5.74) is -3.57. The van der Waals surface area contributed by atoms with Gasteiger partial charge in [0.1, 0.15) is 0 Å². The van der Waals surface area contributed by atoms with Crippen LogP contribution < -0.4 is 10.6 Å². The Kier molecular flexibility index (Phi) is 5.61. The Balaban J connectivity index is 2.08. The van der Waals surface area contributed by atoms with E-state index in [1.54, 1.807) is 0 Å². The number of urea groups is 1. The van der Waals surface area contributed by atoms with Gasteiger partial charge in [-0.15, -0.1) is 11.3 Å². The van der Waals surface area contributed by atoms with Gasteiger partial charge in [0.25, 0.3) is 0 Å². The molecule has 10 heteroatoms. The Labute approximate surface area is 142 Å². The minimum atomic E-state index is -4.96. The van der Waals surface area contributed by atoms with Gasteiger partial charge in [-0.3, -0.25) is 0 Å². The molecule has 0 unspecified atom stereocenters. The van der Waals surface area contributed by atoms with Crippen LogP contribution >= 0.6 is 11.3 Å². The van der Waals surface area contributed by atoms with Crippen molar-refractivity contribution >= 4 is 23.1 Å². The quantitative estimate of drug-likeness (QED) is 0.706. The first-order valence-electron chi connectivity index (χ1n) is 6.92. The smallest absolute Gasteiger partial charge is 0.338 e. The molecule has 3 nitrogen and oxygen atoms in total. The summed E-state index contributed by atoms with van der Waals surface area (Å²) in [6.07, 6.45) is -9.43. The van der Waals surface area contributed by atoms with Crippen LogP contribution in [0.4, 0.5) is 36.8 Å². The summed E-state index contributed by atoms with van der Waals surface area (Å²) in [5.74, 6) is 0. The Morgan fingerprint density at radius 2 is 1.60 bits per heavy atom. The lowest BCUT2D eigenvalue weighted by atomic mass is 10.1. The molecule has 2 N–H and O–H groups in total. The number of amides is 2. The largest absolute Gasteiger partial charge is 0.416 e. The van der Waals surface area contributed by atoms with Gasteiger partial charge in [0.2, 0.25) is 0 Å². The maximum Gasteiger partial charge on any atom is 0.416 e. The molecule has 2 aromatic rings. The van der Waals surface area contributed by atoms with Crippen molar-refractivity contribution in [3.8, 4) is 0 Å². The highest BCUT2D eigenvalue weighted by molar-refractivity contribution is 7.09. The van der Waals surface area contributed by atoms with Gasteiger partial charge in [-0.25, -0.2) is 4.79 Å². The molecule has 25 heavy (non-hydrogen) atoms. The van der Waals surface area contributed by atoms with Crippen LogP contribution in [0.25, 0.3) is 0 Å². The predicted octanol–water partition coefficient (Wildman–Crippen LogP) is 5.15. The summed E-state index contributed by atoms with van der Waals surface area (Å²) in [4.78, 5) is 12.7. The van der Waals surface area contributed by atoms with Crippen LogP contribution in [-0.2, 0) is 18.8 Å². The second-order valence-corrected chi connectivity index (χ2v) is 6.04. The number of thiophene rings is 1. The molecule has 0 fully saturated rings. The van der Waals surface area contributed by atoms with E-state index in [2.05, 4.69) is 5.32 Å². The van der Waals surface area contributed by atoms with Gasteiger partial charge in [0, 0.05) is 17.1 Å². The summed E-state index contributed by atoms with van der Waals surface area (Å²) >= 11 is 1.47. The monoisotopic (exact) mass is 382 g/mol. The van der Waals surface area contributed by atoms with Crippen LogP contribution in [0, 0.1) is 0 Å². The molecule has 0 atom stereocenters. The van der Waals surface area contributed by atoms with Crippen molar-refractivity contribution in [2.75, 3.05) is 11.9 Å². The third kappa shape index (κ3) is 5.66. The Morgan fingerprint density at radius 1 is 1.00 bits per heavy atom. The molecule has 2 rings (SSSR count). The fourth-order valence-corrected chi connectivity index (χ4v) is 2.67. The molecule has 0 spiro atoms. The molecule has 1 aromatic heterocycles. The SMILES string of the molecule is O=C(NCCc1cccs1)Nc1cc(C(F)(F)F)cc(C(F)(F)F)c1. The van der Waals surface area contributed by atoms with Gasteiger partial charge in [0.15, 0.2) is 0 Å². The van der Waals surface area contributed by atoms with Crippen molar-refractivity contribution in [2.24, 2.45) is 0 Å². The van der Waals surface area contributed by atoms with Crippen LogP contribution in [-0.4, -0.2) is 12.6 Å². The van der Waals surface area contributed by atoms with Crippen LogP contribution in [0.5, 0.6) is 0 Å². The molecule has 0 saturated carbocycles. The Hall–Kier alpha value is -2.23. The zero-order chi connectivity index (χ0) is 18.7. The first-order valence-corrected chi connectivity index (χ1v) is 7.80. The van der Waals surface area contributed by atoms with E-state index >= 15 is 0 Å². The first-order chi connectivity index (χ1) is 11.6. The molecule has 1 heterocycles. The van der Waals surface area contributed by atoms with Crippen molar-refractivity contribution in [1.29, 1.82) is 0 Å². The highest BCUT2D eigenvalue weighted by Gasteiger charge is 2.37. The number of anilines is 1. The fourth-order valence-electron chi connectivity index (χ4n) is 1.96. The van der Waals surface area contributed by atoms with Gasteiger partial charge >= 0.3 is 18.4 Å². The number of carbonyl (C=O) groups excluding carboxylic acids is 1. The minimum Gasteiger partial charge on any atom is -0.338 e. The third-order valence-corrected chi connectivity index (χ3v) is 4.02. The van der Waals surface area contributed by atoms with Crippen molar-refractivity contribution in [2.45, 2.75) is 18.8 Å². The number of halogens is 6. The van der Waals surface area contributed by atoms with E-state index in [1.165, 1.54) is 11.3 Å². The lowest BCUT2D eigenvalue weighted by Crippen LogP contribution is -2.30. The number of hydrogen-bond acceptors (Lipinski definition) is 2. The first kappa shape index (κ1) is 19.1. The van der Waals surface area contributed by atoms with E-state index < -0.39 is 35.2 Å². The molecule has 2 amide bonds. The van der Waals surface area contributed by atoms with Crippen LogP contribution in [0.3, 0.4) is 0 Å². The molecule has 0 radical (unpaired) electrons. The van der Waals surface area contributed by atoms with E-state index in [0.29, 0.717) is 18.6 Å². The van der Waals surface area contributed by atoms with E-state index in [-0.39, 0.29) is 12.6 Å². The predicted molar refractivity (Wildman–Crippen MR) is 81.5 cm³/mol. The molecule has 0 aliphatic heterocycles. The molecule has 0 bridgehead atoms. The second kappa shape index (κ2) is 7.34. The zero-order valence-corrected chi connectivity index (χ0v) is 13.3. The third-order valence-electron chi connectivity index (χ3n) is 3.08. The van der Waals surface area contributed by atoms with Crippen molar-refractivity contribution < 1.29 is 31.1 Å². The normalized spacial score (nSPS) is 12.1. The van der Waals surface area contributed by atoms with E-state index in [9.17, 15) is 31.1 Å². The van der Waals surface area contributed by atoms with Gasteiger partial charge in [-0.2, -0.15) is 26.3 Å². The Bertz CT molecular complexity index is 692. The fraction of sp³-hybridized carbons (Fsp3) is 0.267. The maximum absolute atomic E-state index is 12.7. The van der Waals surface area contributed by atoms with Gasteiger partial charge in [-0.05, 0) is 36.1 Å². The highest BCUT2D eigenvalue weighted by Crippen LogP contribution is 2.37. The van der Waals surface area contributed by atoms with Gasteiger partial charge in [-0.1, -0.05) is 6.07 Å². The van der Waals surface area contributed by atoms with Crippen molar-refractivity contribution in [3.63, 3.8) is 0 Å². The minimum absolute atomic E-state index is 0.000123. The summed E-state index contributed by atoms with van der Waals surface area (Å²) in [7, 11) is 0. The molecule has 136 valence electrons. The zero-order valence-electron chi connectivity index (χ0n) is 12.5. The number of benzene rings is 1. The number of carbonyl (C=O) groups is 1. The standard InChI is InChI=1S/C15H12F6N2OS/c16-14(17,18)9-6-10(15(19,20)21)8-11(7-9)23-13(24)22-4-3-12-2-1-5-25-12/h1-2,5-8H,3-4H2,(H2,22,23,24). The molecule has 0 aliphatic carbocycles. The molecule has 0 saturated heterocycles. The molecular weight excluding hydrogens is 370 g/mol. The van der Waals surface area contributed by atoms with Crippen LogP contribution in [0.15, 0.2) is 35.7 Å². The van der Waals surface area contributed by atoms with E-state index in [1.807, 2.05) is 22.8 Å². The van der Waals surface area contributed by atoms with Crippen LogP contribution in [0.1, 0.15) is 16.0 Å². The van der Waals surface area contributed by atoms with E-state index in [4.69, 9.17) is 0 Å². The number of alkyl halides is 6. The van der Waals surface area contributed by atoms with Crippen molar-refractivity contribution in [1.82, 2.24) is 5.32 Å². The summed E-state index contributed by atoms with van der Waals surface area (Å²) in [6.45, 7) is 0.192. The number of hydrogen-bond donors (Lipinski definition) is 2.